The Morgan fingerprint density at radius 2 is 1.95 bits per heavy atom. The summed E-state index contributed by atoms with van der Waals surface area (Å²) in [5.74, 6) is -1.14. The third-order valence-electron chi connectivity index (χ3n) is 4.36. The van der Waals surface area contributed by atoms with E-state index in [9.17, 15) is 13.6 Å². The number of nitrogens with one attached hydrogen (secondary N) is 2. The molecule has 1 saturated heterocycles. The van der Waals surface area contributed by atoms with Gasteiger partial charge in [-0.05, 0) is 30.5 Å². The highest BCUT2D eigenvalue weighted by Crippen LogP contribution is 2.35. The number of carbonyl (C=O) groups excluding carboxylic acids is 1. The van der Waals surface area contributed by atoms with Crippen LogP contribution < -0.4 is 10.6 Å². The summed E-state index contributed by atoms with van der Waals surface area (Å²) in [5.41, 5.74) is -0.0625. The van der Waals surface area contributed by atoms with E-state index in [1.165, 1.54) is 12.1 Å². The molecule has 0 spiro atoms. The maximum atomic E-state index is 14.1. The molecule has 22 heavy (non-hydrogen) atoms. The minimum absolute atomic E-state index is 0.0878. The first-order valence-corrected chi connectivity index (χ1v) is 7.66. The minimum Gasteiger partial charge on any atom is -0.348 e. The second kappa shape index (κ2) is 6.32. The molecule has 2 unspecified atom stereocenters. The predicted molar refractivity (Wildman–Crippen MR) is 82.2 cm³/mol. The Hall–Kier alpha value is -1.49. The van der Waals surface area contributed by atoms with Gasteiger partial charge in [0, 0.05) is 17.5 Å². The van der Waals surface area contributed by atoms with Crippen molar-refractivity contribution in [3.8, 4) is 0 Å². The van der Waals surface area contributed by atoms with Crippen molar-refractivity contribution in [2.75, 3.05) is 13.1 Å². The maximum Gasteiger partial charge on any atom is 0.223 e. The average molecular weight is 310 g/mol. The fourth-order valence-corrected chi connectivity index (χ4v) is 2.65. The molecule has 1 amide bonds. The molecular formula is C17H24F2N2O. The second-order valence-corrected chi connectivity index (χ2v) is 7.18. The fraction of sp³-hybridized carbons (Fsp3) is 0.588. The smallest absolute Gasteiger partial charge is 0.223 e. The summed E-state index contributed by atoms with van der Waals surface area (Å²) < 4.78 is 27.2. The molecule has 3 nitrogen and oxygen atoms in total. The van der Waals surface area contributed by atoms with E-state index in [-0.39, 0.29) is 17.2 Å². The van der Waals surface area contributed by atoms with Gasteiger partial charge in [0.15, 0.2) is 0 Å². The zero-order valence-corrected chi connectivity index (χ0v) is 13.5. The van der Waals surface area contributed by atoms with Crippen molar-refractivity contribution in [3.63, 3.8) is 0 Å². The van der Waals surface area contributed by atoms with Gasteiger partial charge in [-0.1, -0.05) is 33.8 Å². The van der Waals surface area contributed by atoms with Crippen LogP contribution in [-0.4, -0.2) is 19.0 Å². The van der Waals surface area contributed by atoms with Crippen LogP contribution in [0.5, 0.6) is 0 Å². The monoisotopic (exact) mass is 310 g/mol. The lowest BCUT2D eigenvalue weighted by Crippen LogP contribution is -2.51. The van der Waals surface area contributed by atoms with Crippen molar-refractivity contribution in [1.29, 1.82) is 0 Å². The van der Waals surface area contributed by atoms with Crippen LogP contribution in [0.2, 0.25) is 0 Å². The summed E-state index contributed by atoms with van der Waals surface area (Å²) in [5, 5.41) is 6.10. The third-order valence-corrected chi connectivity index (χ3v) is 4.36. The molecule has 122 valence electrons. The first kappa shape index (κ1) is 16.9. The highest BCUT2D eigenvalue weighted by atomic mass is 19.1. The van der Waals surface area contributed by atoms with Crippen LogP contribution in [-0.2, 0) is 4.79 Å². The number of halogens is 2. The molecule has 1 heterocycles. The van der Waals surface area contributed by atoms with E-state index in [1.54, 1.807) is 0 Å². The second-order valence-electron chi connectivity index (χ2n) is 7.18. The first-order chi connectivity index (χ1) is 10.2. The Morgan fingerprint density at radius 1 is 1.32 bits per heavy atom. The Kier molecular flexibility index (Phi) is 4.85. The lowest BCUT2D eigenvalue weighted by molar-refractivity contribution is -0.128. The first-order valence-electron chi connectivity index (χ1n) is 7.66. The number of hydrogen-bond donors (Lipinski definition) is 2. The standard InChI is InChI=1S/C17H24F2N2O/c1-10(11-8-20-9-11)16(22)21-15(17(2,3)4)13-6-5-12(18)7-14(13)19/h5-7,10-11,15,20H,8-9H2,1-4H3,(H,21,22). The van der Waals surface area contributed by atoms with Gasteiger partial charge in [0.25, 0.3) is 0 Å². The molecule has 1 aliphatic heterocycles. The summed E-state index contributed by atoms with van der Waals surface area (Å²) >= 11 is 0. The molecule has 1 aromatic carbocycles. The van der Waals surface area contributed by atoms with Crippen molar-refractivity contribution in [2.45, 2.75) is 33.7 Å². The molecule has 1 aromatic rings. The molecule has 0 saturated carbocycles. The quantitative estimate of drug-likeness (QED) is 0.897. The van der Waals surface area contributed by atoms with E-state index in [2.05, 4.69) is 10.6 Å². The summed E-state index contributed by atoms with van der Waals surface area (Å²) in [4.78, 5) is 12.5. The number of rotatable bonds is 4. The van der Waals surface area contributed by atoms with Gasteiger partial charge in [0.2, 0.25) is 5.91 Å². The van der Waals surface area contributed by atoms with Crippen LogP contribution in [0.15, 0.2) is 18.2 Å². The van der Waals surface area contributed by atoms with Crippen molar-refractivity contribution in [1.82, 2.24) is 10.6 Å². The SMILES string of the molecule is CC(C(=O)NC(c1ccc(F)cc1F)C(C)(C)C)C1CNC1. The van der Waals surface area contributed by atoms with Crippen molar-refractivity contribution in [3.05, 3.63) is 35.4 Å². The van der Waals surface area contributed by atoms with E-state index in [4.69, 9.17) is 0 Å². The van der Waals surface area contributed by atoms with Gasteiger partial charge in [0.1, 0.15) is 11.6 Å². The molecule has 2 atom stereocenters. The topological polar surface area (TPSA) is 41.1 Å². The summed E-state index contributed by atoms with van der Waals surface area (Å²) in [6, 6.07) is 2.99. The lowest BCUT2D eigenvalue weighted by Gasteiger charge is -2.36. The van der Waals surface area contributed by atoms with Crippen molar-refractivity contribution >= 4 is 5.91 Å². The zero-order chi connectivity index (χ0) is 16.5. The Morgan fingerprint density at radius 3 is 2.41 bits per heavy atom. The van der Waals surface area contributed by atoms with Crippen molar-refractivity contribution in [2.24, 2.45) is 17.3 Å². The van der Waals surface area contributed by atoms with E-state index >= 15 is 0 Å². The maximum absolute atomic E-state index is 14.1. The summed E-state index contributed by atoms with van der Waals surface area (Å²) in [7, 11) is 0. The van der Waals surface area contributed by atoms with Crippen LogP contribution in [0.4, 0.5) is 8.78 Å². The number of benzene rings is 1. The van der Waals surface area contributed by atoms with Crippen LogP contribution in [0.1, 0.15) is 39.3 Å². The van der Waals surface area contributed by atoms with Gasteiger partial charge >= 0.3 is 0 Å². The normalized spacial score (nSPS) is 18.5. The summed E-state index contributed by atoms with van der Waals surface area (Å²) in [6.07, 6.45) is 0. The highest BCUT2D eigenvalue weighted by Gasteiger charge is 2.34. The van der Waals surface area contributed by atoms with E-state index in [1.807, 2.05) is 27.7 Å². The van der Waals surface area contributed by atoms with Crippen LogP contribution in [0, 0.1) is 28.9 Å². The van der Waals surface area contributed by atoms with Crippen LogP contribution >= 0.6 is 0 Å². The Balaban J connectivity index is 2.21. The van der Waals surface area contributed by atoms with E-state index in [0.717, 1.165) is 19.2 Å². The van der Waals surface area contributed by atoms with Gasteiger partial charge in [-0.25, -0.2) is 8.78 Å². The summed E-state index contributed by atoms with van der Waals surface area (Å²) in [6.45, 7) is 9.34. The van der Waals surface area contributed by atoms with E-state index in [0.29, 0.717) is 11.5 Å². The molecule has 0 radical (unpaired) electrons. The molecule has 0 bridgehead atoms. The largest absolute Gasteiger partial charge is 0.348 e. The molecule has 5 heteroatoms. The fourth-order valence-electron chi connectivity index (χ4n) is 2.65. The molecule has 0 aromatic heterocycles. The minimum atomic E-state index is -0.627. The van der Waals surface area contributed by atoms with Crippen LogP contribution in [0.3, 0.4) is 0 Å². The number of amides is 1. The third kappa shape index (κ3) is 3.64. The van der Waals surface area contributed by atoms with Gasteiger partial charge in [-0.15, -0.1) is 0 Å². The number of hydrogen-bond acceptors (Lipinski definition) is 2. The van der Waals surface area contributed by atoms with Gasteiger partial charge in [-0.2, -0.15) is 0 Å². The molecule has 0 aliphatic carbocycles. The van der Waals surface area contributed by atoms with Crippen molar-refractivity contribution < 1.29 is 13.6 Å². The average Bonchev–Trinajstić information content (AvgIpc) is 2.33. The van der Waals surface area contributed by atoms with Gasteiger partial charge in [-0.3, -0.25) is 4.79 Å². The molecular weight excluding hydrogens is 286 g/mol. The van der Waals surface area contributed by atoms with Crippen LogP contribution in [0.25, 0.3) is 0 Å². The Labute approximate surface area is 130 Å². The zero-order valence-electron chi connectivity index (χ0n) is 13.5. The Bertz CT molecular complexity index is 550. The molecule has 1 fully saturated rings. The highest BCUT2D eigenvalue weighted by molar-refractivity contribution is 5.79. The molecule has 2 rings (SSSR count). The number of carbonyl (C=O) groups is 1. The van der Waals surface area contributed by atoms with Gasteiger partial charge in [0.05, 0.1) is 6.04 Å². The molecule has 2 N–H and O–H groups in total. The predicted octanol–water partition coefficient (Wildman–Crippen LogP) is 3.02. The van der Waals surface area contributed by atoms with Gasteiger partial charge < -0.3 is 10.6 Å². The molecule has 1 aliphatic rings. The van der Waals surface area contributed by atoms with E-state index < -0.39 is 17.7 Å². The lowest BCUT2D eigenvalue weighted by atomic mass is 9.81.